The number of amidine groups is 2. The molecule has 5 heteroatoms. The molecule has 0 fully saturated rings. The number of rotatable bonds is 5. The van der Waals surface area contributed by atoms with E-state index < -0.39 is 0 Å². The van der Waals surface area contributed by atoms with Gasteiger partial charge in [0.25, 0.3) is 0 Å². The number of hydrogen-bond donors (Lipinski definition) is 2. The molecule has 4 nitrogen and oxygen atoms in total. The minimum atomic E-state index is -0.280. The van der Waals surface area contributed by atoms with E-state index in [0.717, 1.165) is 34.8 Å². The third-order valence-corrected chi connectivity index (χ3v) is 10.6. The van der Waals surface area contributed by atoms with Crippen molar-refractivity contribution in [1.82, 2.24) is 5.32 Å². The van der Waals surface area contributed by atoms with Gasteiger partial charge in [-0.3, -0.25) is 0 Å². The van der Waals surface area contributed by atoms with E-state index in [1.165, 1.54) is 43.3 Å². The van der Waals surface area contributed by atoms with Crippen molar-refractivity contribution in [1.29, 1.82) is 0 Å². The highest BCUT2D eigenvalue weighted by molar-refractivity contribution is 8.00. The first-order valence-corrected chi connectivity index (χ1v) is 17.0. The summed E-state index contributed by atoms with van der Waals surface area (Å²) in [7, 11) is 0. The summed E-state index contributed by atoms with van der Waals surface area (Å²) in [6, 6.07) is 45.1. The molecule has 0 radical (unpaired) electrons. The van der Waals surface area contributed by atoms with Gasteiger partial charge in [0.05, 0.1) is 11.1 Å². The summed E-state index contributed by atoms with van der Waals surface area (Å²) < 4.78 is 0. The van der Waals surface area contributed by atoms with Crippen LogP contribution in [0.3, 0.4) is 0 Å². The summed E-state index contributed by atoms with van der Waals surface area (Å²) in [5.74, 6) is 2.03. The largest absolute Gasteiger partial charge is 0.371 e. The molecule has 47 heavy (non-hydrogen) atoms. The molecule has 226 valence electrons. The Labute approximate surface area is 278 Å². The number of anilines is 1. The van der Waals surface area contributed by atoms with Gasteiger partial charge >= 0.3 is 0 Å². The molecule has 0 amide bonds. The second kappa shape index (κ2) is 11.8. The highest BCUT2D eigenvalue weighted by Gasteiger charge is 2.29. The zero-order valence-corrected chi connectivity index (χ0v) is 26.5. The fourth-order valence-corrected chi connectivity index (χ4v) is 8.08. The Balaban J connectivity index is 1.09. The third-order valence-electron chi connectivity index (χ3n) is 9.29. The van der Waals surface area contributed by atoms with Crippen LogP contribution in [-0.2, 0) is 0 Å². The number of nitrogens with zero attached hydrogens (tertiary/aromatic N) is 2. The zero-order valence-electron chi connectivity index (χ0n) is 25.7. The molecule has 1 aliphatic carbocycles. The molecule has 0 bridgehead atoms. The predicted molar refractivity (Wildman–Crippen MR) is 198 cm³/mol. The highest BCUT2D eigenvalue weighted by Crippen LogP contribution is 2.48. The molecule has 0 aromatic heterocycles. The van der Waals surface area contributed by atoms with Gasteiger partial charge in [-0.25, -0.2) is 9.98 Å². The smallest absolute Gasteiger partial charge is 0.159 e. The lowest BCUT2D eigenvalue weighted by Gasteiger charge is -2.24. The van der Waals surface area contributed by atoms with Crippen molar-refractivity contribution < 1.29 is 0 Å². The fraction of sp³-hybridized carbons (Fsp3) is 0.0952. The van der Waals surface area contributed by atoms with Crippen molar-refractivity contribution >= 4 is 50.7 Å². The van der Waals surface area contributed by atoms with E-state index in [1.54, 1.807) is 0 Å². The molecule has 2 N–H and O–H groups in total. The molecule has 3 atom stereocenters. The Morgan fingerprint density at radius 3 is 2.15 bits per heavy atom. The Bertz CT molecular complexity index is 2250. The minimum absolute atomic E-state index is 0.280. The van der Waals surface area contributed by atoms with Crippen molar-refractivity contribution in [2.24, 2.45) is 15.9 Å². The summed E-state index contributed by atoms with van der Waals surface area (Å²) in [5.41, 5.74) is 6.76. The third kappa shape index (κ3) is 5.23. The summed E-state index contributed by atoms with van der Waals surface area (Å²) in [6.45, 7) is 0. The monoisotopic (exact) mass is 624 g/mol. The van der Waals surface area contributed by atoms with Gasteiger partial charge in [0.15, 0.2) is 5.84 Å². The minimum Gasteiger partial charge on any atom is -0.371 e. The summed E-state index contributed by atoms with van der Waals surface area (Å²) in [5, 5.41) is 12.9. The predicted octanol–water partition coefficient (Wildman–Crippen LogP) is 10.1. The highest BCUT2D eigenvalue weighted by atomic mass is 32.2. The number of thioether (sulfide) groups is 1. The summed E-state index contributed by atoms with van der Waals surface area (Å²) in [4.78, 5) is 11.5. The van der Waals surface area contributed by atoms with E-state index in [0.29, 0.717) is 11.3 Å². The number of hydrogen-bond acceptors (Lipinski definition) is 5. The number of fused-ring (bicyclic) bond motifs is 5. The molecular weight excluding hydrogens is 593 g/mol. The van der Waals surface area contributed by atoms with Gasteiger partial charge in [0.2, 0.25) is 0 Å². The van der Waals surface area contributed by atoms with E-state index in [9.17, 15) is 0 Å². The lowest BCUT2D eigenvalue weighted by atomic mass is 9.97. The van der Waals surface area contributed by atoms with Crippen molar-refractivity contribution in [2.45, 2.75) is 22.9 Å². The van der Waals surface area contributed by atoms with Crippen LogP contribution >= 0.6 is 11.8 Å². The number of benzene rings is 6. The first-order chi connectivity index (χ1) is 23.3. The Morgan fingerprint density at radius 1 is 0.638 bits per heavy atom. The molecule has 6 aromatic rings. The van der Waals surface area contributed by atoms with Crippen LogP contribution in [0.2, 0.25) is 0 Å². The fourth-order valence-electron chi connectivity index (χ4n) is 6.83. The second-order valence-electron chi connectivity index (χ2n) is 12.2. The van der Waals surface area contributed by atoms with Gasteiger partial charge < -0.3 is 10.6 Å². The van der Waals surface area contributed by atoms with Crippen molar-refractivity contribution in [2.75, 3.05) is 5.32 Å². The maximum Gasteiger partial charge on any atom is 0.159 e. The molecule has 9 rings (SSSR count). The first-order valence-electron chi connectivity index (χ1n) is 16.2. The van der Waals surface area contributed by atoms with Crippen molar-refractivity contribution in [3.05, 3.63) is 168 Å². The van der Waals surface area contributed by atoms with E-state index in [1.807, 2.05) is 36.0 Å². The Kier molecular flexibility index (Phi) is 6.98. The second-order valence-corrected chi connectivity index (χ2v) is 13.4. The van der Waals surface area contributed by atoms with Crippen LogP contribution in [0.4, 0.5) is 5.69 Å². The Morgan fingerprint density at radius 2 is 1.36 bits per heavy atom. The van der Waals surface area contributed by atoms with Crippen LogP contribution < -0.4 is 10.6 Å². The Hall–Kier alpha value is -5.39. The zero-order chi connectivity index (χ0) is 31.2. The molecule has 3 unspecified atom stereocenters. The van der Waals surface area contributed by atoms with E-state index in [-0.39, 0.29) is 6.17 Å². The first kappa shape index (κ1) is 27.9. The molecule has 0 saturated heterocycles. The average Bonchev–Trinajstić information content (AvgIpc) is 3.60. The maximum absolute atomic E-state index is 5.18. The lowest BCUT2D eigenvalue weighted by Crippen LogP contribution is -2.33. The van der Waals surface area contributed by atoms with Gasteiger partial charge in [-0.2, -0.15) is 0 Å². The SMILES string of the molecule is C1=CCC(C2Nc3c(ccc4ccc5cc(C6N=C(c7ccc(-c8ccccc8)cc7)N=C(c7ccccc7)N6)ccc5c34)S2)C=C1. The van der Waals surface area contributed by atoms with E-state index in [4.69, 9.17) is 9.98 Å². The van der Waals surface area contributed by atoms with E-state index >= 15 is 0 Å². The van der Waals surface area contributed by atoms with Gasteiger partial charge in [-0.15, -0.1) is 0 Å². The van der Waals surface area contributed by atoms with Crippen LogP contribution in [0.15, 0.2) is 167 Å². The molecule has 6 aromatic carbocycles. The summed E-state index contributed by atoms with van der Waals surface area (Å²) >= 11 is 1.95. The normalized spacial score (nSPS) is 20.0. The standard InChI is InChI=1S/C42H32N4S/c1-4-10-27(11-5-1)28-16-19-31(20-17-28)40-44-39(30-12-6-2-7-13-30)45-41(46-40)34-22-24-35-33(26-34)21-18-29-23-25-36-38(37(29)35)43-42(47-36)32-14-8-3-9-15-32/h1-14,16-26,32,41-43H,15H2,(H,44,45,46). The number of aliphatic imine (C=N–C) groups is 2. The quantitative estimate of drug-likeness (QED) is 0.188. The average molecular weight is 625 g/mol. The summed E-state index contributed by atoms with van der Waals surface area (Å²) in [6.07, 6.45) is 9.71. The molecule has 3 aliphatic rings. The maximum atomic E-state index is 5.18. The van der Waals surface area contributed by atoms with Gasteiger partial charge in [-0.05, 0) is 51.4 Å². The van der Waals surface area contributed by atoms with Gasteiger partial charge in [0.1, 0.15) is 12.0 Å². The number of nitrogens with one attached hydrogen (secondary N) is 2. The van der Waals surface area contributed by atoms with Crippen molar-refractivity contribution in [3.8, 4) is 11.1 Å². The molecular formula is C42H32N4S. The van der Waals surface area contributed by atoms with Crippen LogP contribution in [0.5, 0.6) is 0 Å². The topological polar surface area (TPSA) is 48.8 Å². The van der Waals surface area contributed by atoms with Gasteiger partial charge in [0, 0.05) is 27.3 Å². The molecule has 2 aliphatic heterocycles. The van der Waals surface area contributed by atoms with Crippen LogP contribution in [-0.4, -0.2) is 17.0 Å². The molecule has 0 saturated carbocycles. The van der Waals surface area contributed by atoms with Gasteiger partial charge in [-0.1, -0.05) is 151 Å². The number of allylic oxidation sites excluding steroid dienone is 3. The lowest BCUT2D eigenvalue weighted by molar-refractivity contribution is 0.662. The van der Waals surface area contributed by atoms with Crippen LogP contribution in [0.1, 0.15) is 29.3 Å². The van der Waals surface area contributed by atoms with Crippen molar-refractivity contribution in [3.63, 3.8) is 0 Å². The molecule has 2 heterocycles. The van der Waals surface area contributed by atoms with Crippen LogP contribution in [0, 0.1) is 5.92 Å². The molecule has 0 spiro atoms. The van der Waals surface area contributed by atoms with Crippen LogP contribution in [0.25, 0.3) is 32.7 Å². The van der Waals surface area contributed by atoms with E-state index in [2.05, 4.69) is 138 Å².